The van der Waals surface area contributed by atoms with Gasteiger partial charge < -0.3 is 9.88 Å². The molecule has 2 aromatic carbocycles. The summed E-state index contributed by atoms with van der Waals surface area (Å²) in [6.07, 6.45) is 3.17. The van der Waals surface area contributed by atoms with Crippen molar-refractivity contribution in [2.75, 3.05) is 13.6 Å². The summed E-state index contributed by atoms with van der Waals surface area (Å²) >= 11 is 0. The molecule has 220 valence electrons. The first-order valence-electron chi connectivity index (χ1n) is 14.0. The molecule has 0 radical (unpaired) electrons. The number of fused-ring (bicyclic) bond motifs is 2. The number of aromatic nitrogens is 6. The fraction of sp³-hybridized carbons (Fsp3) is 0.355. The molecule has 0 bridgehead atoms. The van der Waals surface area contributed by atoms with E-state index < -0.39 is 11.7 Å². The number of likely N-dealkylation sites (N-methyl/N-ethyl adjacent to an activating group) is 1. The molecular formula is C31H33F4N7. The zero-order chi connectivity index (χ0) is 30.0. The molecule has 0 aliphatic carbocycles. The summed E-state index contributed by atoms with van der Waals surface area (Å²) in [6, 6.07) is 8.16. The van der Waals surface area contributed by atoms with E-state index in [0.717, 1.165) is 79.2 Å². The average molecular weight is 580 g/mol. The van der Waals surface area contributed by atoms with Crippen LogP contribution in [0.4, 0.5) is 17.6 Å². The molecule has 3 aromatic heterocycles. The molecule has 42 heavy (non-hydrogen) atoms. The van der Waals surface area contributed by atoms with E-state index in [9.17, 15) is 13.2 Å². The molecule has 1 aliphatic heterocycles. The fourth-order valence-electron chi connectivity index (χ4n) is 5.53. The quantitative estimate of drug-likeness (QED) is 0.234. The van der Waals surface area contributed by atoms with Crippen molar-refractivity contribution in [1.29, 1.82) is 0 Å². The van der Waals surface area contributed by atoms with Crippen LogP contribution in [0.5, 0.6) is 0 Å². The fourth-order valence-corrected chi connectivity index (χ4v) is 5.53. The van der Waals surface area contributed by atoms with E-state index in [1.807, 2.05) is 6.92 Å². The smallest absolute Gasteiger partial charge is 0.344 e. The molecule has 0 unspecified atom stereocenters. The maximum absolute atomic E-state index is 15.3. The lowest BCUT2D eigenvalue weighted by Crippen LogP contribution is -2.26. The third-order valence-electron chi connectivity index (χ3n) is 7.65. The van der Waals surface area contributed by atoms with Crippen LogP contribution in [0, 0.1) is 5.82 Å². The van der Waals surface area contributed by atoms with E-state index in [0.29, 0.717) is 17.5 Å². The van der Waals surface area contributed by atoms with Crippen molar-refractivity contribution < 1.29 is 17.6 Å². The maximum Gasteiger partial charge on any atom is 0.419 e. The van der Waals surface area contributed by atoms with E-state index in [4.69, 9.17) is 5.10 Å². The van der Waals surface area contributed by atoms with Crippen LogP contribution in [-0.2, 0) is 38.4 Å². The minimum atomic E-state index is -4.33. The highest BCUT2D eigenvalue weighted by Crippen LogP contribution is 2.39. The summed E-state index contributed by atoms with van der Waals surface area (Å²) in [5.41, 5.74) is 9.19. The van der Waals surface area contributed by atoms with E-state index in [1.165, 1.54) is 16.7 Å². The van der Waals surface area contributed by atoms with Crippen LogP contribution >= 0.6 is 0 Å². The summed E-state index contributed by atoms with van der Waals surface area (Å²) in [7, 11) is 2.13. The van der Waals surface area contributed by atoms with Gasteiger partial charge in [-0.25, -0.2) is 24.0 Å². The predicted molar refractivity (Wildman–Crippen MR) is 154 cm³/mol. The van der Waals surface area contributed by atoms with Crippen LogP contribution < -0.4 is 0 Å². The standard InChI is InChI=1S/C26H30FN5.C5H3F3N2/c1-5-16-9-8-10-17(6-2)25(16)32-26(20-14-31(4)12-11-22(20)30-32)19-13-21(27)18(7-3)23-24(19)29-15-28-23;6-5(7,8)4-1-9-3-10-2-4/h8-10,13,15H,5-7,11-12,14H2,1-4H3,(H,28,29);1-3H. The van der Waals surface area contributed by atoms with Crippen molar-refractivity contribution >= 4 is 11.0 Å². The number of benzene rings is 2. The zero-order valence-electron chi connectivity index (χ0n) is 24.1. The third-order valence-corrected chi connectivity index (χ3v) is 7.65. The second kappa shape index (κ2) is 12.0. The van der Waals surface area contributed by atoms with Crippen LogP contribution in [0.15, 0.2) is 49.3 Å². The van der Waals surface area contributed by atoms with Crippen LogP contribution in [-0.4, -0.2) is 48.2 Å². The van der Waals surface area contributed by atoms with E-state index >= 15 is 4.39 Å². The Hall–Kier alpha value is -4.12. The van der Waals surface area contributed by atoms with Crippen LogP contribution in [0.3, 0.4) is 0 Å². The molecule has 5 aromatic rings. The number of alkyl halides is 3. The molecule has 0 saturated carbocycles. The molecule has 11 heteroatoms. The monoisotopic (exact) mass is 579 g/mol. The number of halogens is 4. The lowest BCUT2D eigenvalue weighted by molar-refractivity contribution is -0.138. The molecular weight excluding hydrogens is 546 g/mol. The molecule has 0 fully saturated rings. The molecule has 0 amide bonds. The van der Waals surface area contributed by atoms with Gasteiger partial charge in [0.2, 0.25) is 0 Å². The molecule has 0 atom stereocenters. The van der Waals surface area contributed by atoms with Crippen molar-refractivity contribution in [2.24, 2.45) is 0 Å². The number of nitrogens with one attached hydrogen (secondary N) is 1. The Morgan fingerprint density at radius 3 is 2.29 bits per heavy atom. The lowest BCUT2D eigenvalue weighted by Gasteiger charge is -2.22. The summed E-state index contributed by atoms with van der Waals surface area (Å²) in [5.74, 6) is -0.202. The van der Waals surface area contributed by atoms with Gasteiger partial charge in [0.05, 0.1) is 40.0 Å². The number of hydrogen-bond acceptors (Lipinski definition) is 5. The third kappa shape index (κ3) is 5.53. The van der Waals surface area contributed by atoms with E-state index in [-0.39, 0.29) is 5.82 Å². The number of rotatable bonds is 5. The number of aromatic amines is 1. The summed E-state index contributed by atoms with van der Waals surface area (Å²) in [6.45, 7) is 8.10. The van der Waals surface area contributed by atoms with Gasteiger partial charge in [0, 0.05) is 48.6 Å². The first-order valence-corrected chi connectivity index (χ1v) is 14.0. The molecule has 0 spiro atoms. The molecule has 1 aliphatic rings. The first kappa shape index (κ1) is 29.4. The van der Waals surface area contributed by atoms with E-state index in [2.05, 4.69) is 68.6 Å². The molecule has 6 rings (SSSR count). The van der Waals surface area contributed by atoms with Crippen molar-refractivity contribution in [3.05, 3.63) is 88.6 Å². The highest BCUT2D eigenvalue weighted by molar-refractivity contribution is 5.94. The molecule has 0 saturated heterocycles. The Morgan fingerprint density at radius 2 is 1.69 bits per heavy atom. The van der Waals surface area contributed by atoms with Crippen molar-refractivity contribution in [1.82, 2.24) is 34.6 Å². The van der Waals surface area contributed by atoms with Gasteiger partial charge in [-0.2, -0.15) is 18.3 Å². The van der Waals surface area contributed by atoms with Gasteiger partial charge in [0.15, 0.2) is 0 Å². The highest BCUT2D eigenvalue weighted by atomic mass is 19.4. The van der Waals surface area contributed by atoms with Crippen molar-refractivity contribution in [3.8, 4) is 16.9 Å². The second-order valence-electron chi connectivity index (χ2n) is 10.3. The Balaban J connectivity index is 0.000000300. The maximum atomic E-state index is 15.3. The SMILES string of the molecule is CCc1cccc(CC)c1-n1nc2c(c1-c1cc(F)c(CC)c3nc[nH]c13)CN(C)CC2.FC(F)(F)c1cncnc1. The summed E-state index contributed by atoms with van der Waals surface area (Å²) in [5, 5.41) is 5.15. The zero-order valence-corrected chi connectivity index (χ0v) is 24.1. The van der Waals surface area contributed by atoms with Crippen molar-refractivity contribution in [3.63, 3.8) is 0 Å². The normalized spacial score (nSPS) is 13.6. The Labute approximate surface area is 241 Å². The van der Waals surface area contributed by atoms with Crippen LogP contribution in [0.25, 0.3) is 28.0 Å². The average Bonchev–Trinajstić information content (AvgIpc) is 3.62. The molecule has 1 N–H and O–H groups in total. The number of imidazole rings is 1. The Kier molecular flexibility index (Phi) is 8.40. The van der Waals surface area contributed by atoms with Gasteiger partial charge in [0.1, 0.15) is 12.1 Å². The number of H-pyrrole nitrogens is 1. The lowest BCUT2D eigenvalue weighted by atomic mass is 9.97. The minimum absolute atomic E-state index is 0.202. The molecule has 7 nitrogen and oxygen atoms in total. The van der Waals surface area contributed by atoms with Gasteiger partial charge in [0.25, 0.3) is 0 Å². The number of nitrogens with zero attached hydrogens (tertiary/aromatic N) is 6. The number of hydrogen-bond donors (Lipinski definition) is 1. The van der Waals surface area contributed by atoms with Gasteiger partial charge in [-0.1, -0.05) is 39.0 Å². The Morgan fingerprint density at radius 1 is 1.00 bits per heavy atom. The second-order valence-corrected chi connectivity index (χ2v) is 10.3. The van der Waals surface area contributed by atoms with Gasteiger partial charge in [-0.3, -0.25) is 0 Å². The first-order chi connectivity index (χ1) is 20.2. The Bertz CT molecular complexity index is 1670. The van der Waals surface area contributed by atoms with Gasteiger partial charge in [-0.15, -0.1) is 0 Å². The topological polar surface area (TPSA) is 75.5 Å². The van der Waals surface area contributed by atoms with Gasteiger partial charge in [-0.05, 0) is 43.5 Å². The predicted octanol–water partition coefficient (Wildman–Crippen LogP) is 6.73. The molecule has 4 heterocycles. The number of para-hydroxylation sites is 1. The summed E-state index contributed by atoms with van der Waals surface area (Å²) in [4.78, 5) is 16.5. The number of aryl methyl sites for hydroxylation is 3. The highest BCUT2D eigenvalue weighted by Gasteiger charge is 2.31. The van der Waals surface area contributed by atoms with Crippen LogP contribution in [0.1, 0.15) is 54.3 Å². The van der Waals surface area contributed by atoms with Gasteiger partial charge >= 0.3 is 6.18 Å². The largest absolute Gasteiger partial charge is 0.419 e. The minimum Gasteiger partial charge on any atom is -0.344 e. The van der Waals surface area contributed by atoms with Crippen molar-refractivity contribution in [2.45, 2.75) is 59.2 Å². The van der Waals surface area contributed by atoms with Crippen LogP contribution in [0.2, 0.25) is 0 Å². The van der Waals surface area contributed by atoms with E-state index in [1.54, 1.807) is 12.4 Å². The summed E-state index contributed by atoms with van der Waals surface area (Å²) < 4.78 is 52.5.